The molecule has 0 saturated carbocycles. The molecule has 0 heterocycles. The summed E-state index contributed by atoms with van der Waals surface area (Å²) in [6, 6.07) is 15.5. The van der Waals surface area contributed by atoms with Crippen LogP contribution < -0.4 is 0 Å². The van der Waals surface area contributed by atoms with E-state index < -0.39 is 0 Å². The molecule has 0 fully saturated rings. The highest BCUT2D eigenvalue weighted by molar-refractivity contribution is 6.05. The predicted molar refractivity (Wildman–Crippen MR) is 97.4 cm³/mol. The standard InChI is InChI=1S/C22H23F/c1-3-4-6-11-19-16(2)21(14-17-9-7-5-8-10-17)20-13-12-18(23)15-22(19)20/h5,7-10,12-15H,3-4,6,11H2,1-2H3/b21-14-. The Labute approximate surface area is 138 Å². The third kappa shape index (κ3) is 3.29. The molecule has 0 amide bonds. The Bertz CT molecular complexity index is 751. The molecule has 0 atom stereocenters. The van der Waals surface area contributed by atoms with Crippen LogP contribution in [0.3, 0.4) is 0 Å². The third-order valence-corrected chi connectivity index (χ3v) is 4.59. The summed E-state index contributed by atoms with van der Waals surface area (Å²) in [6.07, 6.45) is 6.84. The zero-order valence-electron chi connectivity index (χ0n) is 13.9. The molecule has 0 radical (unpaired) electrons. The normalized spacial score (nSPS) is 15.3. The predicted octanol–water partition coefficient (Wildman–Crippen LogP) is 6.73. The van der Waals surface area contributed by atoms with Crippen molar-refractivity contribution in [2.75, 3.05) is 0 Å². The molecule has 0 nitrogen and oxygen atoms in total. The van der Waals surface area contributed by atoms with E-state index in [0.717, 1.165) is 18.4 Å². The first-order valence-corrected chi connectivity index (χ1v) is 8.48. The molecule has 0 unspecified atom stereocenters. The van der Waals surface area contributed by atoms with E-state index in [-0.39, 0.29) is 5.82 Å². The number of unbranched alkanes of at least 4 members (excludes halogenated alkanes) is 2. The van der Waals surface area contributed by atoms with Gasteiger partial charge in [-0.3, -0.25) is 0 Å². The van der Waals surface area contributed by atoms with E-state index in [2.05, 4.69) is 32.1 Å². The lowest BCUT2D eigenvalue weighted by molar-refractivity contribution is 0.627. The maximum Gasteiger partial charge on any atom is 0.123 e. The molecule has 1 aliphatic rings. The topological polar surface area (TPSA) is 0 Å². The maximum atomic E-state index is 13.8. The highest BCUT2D eigenvalue weighted by Gasteiger charge is 2.23. The molecule has 0 aromatic heterocycles. The van der Waals surface area contributed by atoms with E-state index >= 15 is 0 Å². The van der Waals surface area contributed by atoms with Crippen LogP contribution in [0.25, 0.3) is 17.2 Å². The maximum absolute atomic E-state index is 13.8. The third-order valence-electron chi connectivity index (χ3n) is 4.59. The summed E-state index contributed by atoms with van der Waals surface area (Å²) < 4.78 is 13.8. The molecule has 0 aliphatic heterocycles. The van der Waals surface area contributed by atoms with Crippen LogP contribution in [0.1, 0.15) is 56.2 Å². The summed E-state index contributed by atoms with van der Waals surface area (Å²) in [7, 11) is 0. The second-order valence-corrected chi connectivity index (χ2v) is 6.22. The molecule has 0 saturated heterocycles. The van der Waals surface area contributed by atoms with E-state index in [9.17, 15) is 4.39 Å². The second-order valence-electron chi connectivity index (χ2n) is 6.22. The van der Waals surface area contributed by atoms with Gasteiger partial charge < -0.3 is 0 Å². The number of fused-ring (bicyclic) bond motifs is 1. The van der Waals surface area contributed by atoms with E-state index in [1.165, 1.54) is 40.7 Å². The lowest BCUT2D eigenvalue weighted by atomic mass is 9.99. The summed E-state index contributed by atoms with van der Waals surface area (Å²) in [5.74, 6) is -0.148. The Morgan fingerprint density at radius 1 is 0.957 bits per heavy atom. The van der Waals surface area contributed by atoms with Crippen LogP contribution in [0.15, 0.2) is 54.1 Å². The number of allylic oxidation sites excluding steroid dienone is 3. The van der Waals surface area contributed by atoms with E-state index in [1.54, 1.807) is 12.1 Å². The molecule has 2 aromatic rings. The van der Waals surface area contributed by atoms with Gasteiger partial charge in [0.05, 0.1) is 0 Å². The number of halogens is 1. The fourth-order valence-electron chi connectivity index (χ4n) is 3.34. The van der Waals surface area contributed by atoms with Crippen molar-refractivity contribution in [1.82, 2.24) is 0 Å². The van der Waals surface area contributed by atoms with E-state index in [4.69, 9.17) is 0 Å². The number of rotatable bonds is 5. The molecule has 2 aromatic carbocycles. The van der Waals surface area contributed by atoms with Crippen LogP contribution in [0.4, 0.5) is 4.39 Å². The number of hydrogen-bond donors (Lipinski definition) is 0. The van der Waals surface area contributed by atoms with Crippen molar-refractivity contribution in [3.8, 4) is 0 Å². The minimum absolute atomic E-state index is 0.148. The molecular weight excluding hydrogens is 283 g/mol. The highest BCUT2D eigenvalue weighted by Crippen LogP contribution is 2.44. The van der Waals surface area contributed by atoms with E-state index in [0.29, 0.717) is 0 Å². The van der Waals surface area contributed by atoms with Crippen LogP contribution in [-0.2, 0) is 0 Å². The molecule has 1 heteroatoms. The summed E-state index contributed by atoms with van der Waals surface area (Å²) in [4.78, 5) is 0. The minimum atomic E-state index is -0.148. The monoisotopic (exact) mass is 306 g/mol. The first kappa shape index (κ1) is 15.7. The van der Waals surface area contributed by atoms with Crippen molar-refractivity contribution < 1.29 is 4.39 Å². The van der Waals surface area contributed by atoms with Gasteiger partial charge in [-0.05, 0) is 71.4 Å². The van der Waals surface area contributed by atoms with Gasteiger partial charge in [0.15, 0.2) is 0 Å². The van der Waals surface area contributed by atoms with Gasteiger partial charge >= 0.3 is 0 Å². The lowest BCUT2D eigenvalue weighted by Crippen LogP contribution is -1.87. The van der Waals surface area contributed by atoms with Crippen LogP contribution >= 0.6 is 0 Å². The summed E-state index contributed by atoms with van der Waals surface area (Å²) >= 11 is 0. The van der Waals surface area contributed by atoms with Gasteiger partial charge in [-0.15, -0.1) is 0 Å². The number of hydrogen-bond acceptors (Lipinski definition) is 0. The quantitative estimate of drug-likeness (QED) is 0.537. The van der Waals surface area contributed by atoms with Gasteiger partial charge in [-0.1, -0.05) is 56.2 Å². The van der Waals surface area contributed by atoms with Crippen molar-refractivity contribution in [1.29, 1.82) is 0 Å². The Morgan fingerprint density at radius 2 is 1.74 bits per heavy atom. The van der Waals surface area contributed by atoms with Crippen molar-refractivity contribution in [3.63, 3.8) is 0 Å². The van der Waals surface area contributed by atoms with Crippen molar-refractivity contribution in [2.24, 2.45) is 0 Å². The molecule has 3 rings (SSSR count). The Hall–Kier alpha value is -2.15. The lowest BCUT2D eigenvalue weighted by Gasteiger charge is -2.06. The molecular formula is C22H23F. The fourth-order valence-corrected chi connectivity index (χ4v) is 3.34. The van der Waals surface area contributed by atoms with Crippen molar-refractivity contribution >= 4 is 17.2 Å². The van der Waals surface area contributed by atoms with Crippen LogP contribution in [0.5, 0.6) is 0 Å². The molecule has 0 bridgehead atoms. The van der Waals surface area contributed by atoms with Crippen molar-refractivity contribution in [3.05, 3.63) is 76.6 Å². The first-order valence-electron chi connectivity index (χ1n) is 8.48. The smallest absolute Gasteiger partial charge is 0.123 e. The van der Waals surface area contributed by atoms with Crippen LogP contribution in [-0.4, -0.2) is 0 Å². The zero-order chi connectivity index (χ0) is 16.2. The molecule has 0 spiro atoms. The summed E-state index contributed by atoms with van der Waals surface area (Å²) in [5.41, 5.74) is 7.28. The average Bonchev–Trinajstić information content (AvgIpc) is 2.81. The second kappa shape index (κ2) is 6.95. The Balaban J connectivity index is 2.05. The largest absolute Gasteiger partial charge is 0.207 e. The van der Waals surface area contributed by atoms with Gasteiger partial charge in [0, 0.05) is 0 Å². The minimum Gasteiger partial charge on any atom is -0.207 e. The summed E-state index contributed by atoms with van der Waals surface area (Å²) in [5, 5.41) is 0. The van der Waals surface area contributed by atoms with Crippen molar-refractivity contribution in [2.45, 2.75) is 39.5 Å². The molecule has 0 N–H and O–H groups in total. The highest BCUT2D eigenvalue weighted by atomic mass is 19.1. The first-order chi connectivity index (χ1) is 11.2. The zero-order valence-corrected chi connectivity index (χ0v) is 13.9. The Morgan fingerprint density at radius 3 is 2.48 bits per heavy atom. The van der Waals surface area contributed by atoms with Gasteiger partial charge in [0.1, 0.15) is 5.82 Å². The van der Waals surface area contributed by atoms with Crippen LogP contribution in [0.2, 0.25) is 0 Å². The average molecular weight is 306 g/mol. The van der Waals surface area contributed by atoms with Gasteiger partial charge in [-0.2, -0.15) is 0 Å². The van der Waals surface area contributed by atoms with E-state index in [1.807, 2.05) is 24.3 Å². The van der Waals surface area contributed by atoms with Gasteiger partial charge in [0.25, 0.3) is 0 Å². The van der Waals surface area contributed by atoms with Gasteiger partial charge in [0.2, 0.25) is 0 Å². The van der Waals surface area contributed by atoms with Gasteiger partial charge in [-0.25, -0.2) is 4.39 Å². The molecule has 1 aliphatic carbocycles. The number of benzene rings is 2. The van der Waals surface area contributed by atoms with Crippen LogP contribution in [0, 0.1) is 5.82 Å². The molecule has 118 valence electrons. The molecule has 23 heavy (non-hydrogen) atoms. The fraction of sp³-hybridized carbons (Fsp3) is 0.273. The summed E-state index contributed by atoms with van der Waals surface area (Å²) in [6.45, 7) is 4.39. The SMILES string of the molecule is CCCCCC1=C(C)/C(=C/c2ccccc2)c2ccc(F)cc21. The Kier molecular flexibility index (Phi) is 4.76.